The second kappa shape index (κ2) is 4.94. The van der Waals surface area contributed by atoms with Crippen LogP contribution in [0.3, 0.4) is 0 Å². The molecule has 15 heavy (non-hydrogen) atoms. The lowest BCUT2D eigenvalue weighted by Gasteiger charge is -2.10. The van der Waals surface area contributed by atoms with E-state index in [4.69, 9.17) is 0 Å². The van der Waals surface area contributed by atoms with Crippen molar-refractivity contribution in [3.8, 4) is 0 Å². The fourth-order valence-electron chi connectivity index (χ4n) is 1.88. The molecule has 1 nitrogen and oxygen atoms in total. The third-order valence-corrected chi connectivity index (χ3v) is 3.32. The number of alkyl halides is 2. The van der Waals surface area contributed by atoms with E-state index in [1.54, 1.807) is 6.07 Å². The molecule has 0 radical (unpaired) electrons. The van der Waals surface area contributed by atoms with Gasteiger partial charge in [-0.3, -0.25) is 0 Å². The van der Waals surface area contributed by atoms with Crippen molar-refractivity contribution in [2.24, 2.45) is 0 Å². The van der Waals surface area contributed by atoms with Crippen LogP contribution in [-0.4, -0.2) is 18.8 Å². The van der Waals surface area contributed by atoms with E-state index in [9.17, 15) is 8.78 Å². The minimum atomic E-state index is -2.33. The first-order valence-corrected chi connectivity index (χ1v) is 5.89. The Kier molecular flexibility index (Phi) is 3.59. The monoisotopic (exact) mass is 229 g/mol. The molecule has 1 atom stereocenters. The van der Waals surface area contributed by atoms with Crippen molar-refractivity contribution in [1.29, 1.82) is 0 Å². The molecule has 0 aliphatic carbocycles. The largest absolute Gasteiger partial charge is 0.316 e. The fourth-order valence-corrected chi connectivity index (χ4v) is 2.45. The summed E-state index contributed by atoms with van der Waals surface area (Å²) in [5.41, 5.74) is 1.17. The van der Waals surface area contributed by atoms with Gasteiger partial charge in [0.1, 0.15) is 0 Å². The highest BCUT2D eigenvalue weighted by Crippen LogP contribution is 2.29. The zero-order valence-electron chi connectivity index (χ0n) is 8.25. The molecule has 1 saturated heterocycles. The van der Waals surface area contributed by atoms with Gasteiger partial charge in [0.05, 0.1) is 0 Å². The summed E-state index contributed by atoms with van der Waals surface area (Å²) in [6, 6.07) is 7.50. The van der Waals surface area contributed by atoms with Crippen LogP contribution in [0.25, 0.3) is 0 Å². The van der Waals surface area contributed by atoms with E-state index in [1.807, 2.05) is 18.2 Å². The molecule has 0 bridgehead atoms. The molecule has 4 heteroatoms. The maximum atomic E-state index is 12.2. The van der Waals surface area contributed by atoms with E-state index in [0.717, 1.165) is 19.5 Å². The molecule has 1 unspecified atom stereocenters. The molecule has 1 aliphatic heterocycles. The first kappa shape index (κ1) is 10.9. The second-order valence-corrected chi connectivity index (χ2v) is 4.70. The number of rotatable bonds is 3. The van der Waals surface area contributed by atoms with Crippen LogP contribution in [0.5, 0.6) is 0 Å². The van der Waals surface area contributed by atoms with Gasteiger partial charge >= 0.3 is 0 Å². The molecular weight excluding hydrogens is 216 g/mol. The standard InChI is InChI=1S/C11H13F2NS/c12-11(13)15-10-3-1-2-8(6-10)9-4-5-14-7-9/h1-3,6,9,11,14H,4-5,7H2. The van der Waals surface area contributed by atoms with Gasteiger partial charge in [0.25, 0.3) is 5.76 Å². The van der Waals surface area contributed by atoms with E-state index in [0.29, 0.717) is 22.6 Å². The molecule has 0 spiro atoms. The summed E-state index contributed by atoms with van der Waals surface area (Å²) in [6.45, 7) is 1.99. The van der Waals surface area contributed by atoms with Crippen LogP contribution < -0.4 is 5.32 Å². The van der Waals surface area contributed by atoms with E-state index < -0.39 is 5.76 Å². The van der Waals surface area contributed by atoms with Crippen molar-refractivity contribution >= 4 is 11.8 Å². The topological polar surface area (TPSA) is 12.0 Å². The molecule has 1 fully saturated rings. The number of nitrogens with one attached hydrogen (secondary N) is 1. The van der Waals surface area contributed by atoms with E-state index in [2.05, 4.69) is 5.32 Å². The fraction of sp³-hybridized carbons (Fsp3) is 0.455. The predicted octanol–water partition coefficient (Wildman–Crippen LogP) is 3.08. The Balaban J connectivity index is 2.11. The van der Waals surface area contributed by atoms with Crippen LogP contribution in [-0.2, 0) is 0 Å². The van der Waals surface area contributed by atoms with Gasteiger partial charge in [-0.25, -0.2) is 0 Å². The summed E-state index contributed by atoms with van der Waals surface area (Å²) in [4.78, 5) is 0.661. The van der Waals surface area contributed by atoms with Gasteiger partial charge in [-0.15, -0.1) is 0 Å². The van der Waals surface area contributed by atoms with Crippen LogP contribution in [0.1, 0.15) is 17.9 Å². The Morgan fingerprint density at radius 2 is 2.27 bits per heavy atom. The number of halogens is 2. The lowest BCUT2D eigenvalue weighted by molar-refractivity contribution is 0.252. The van der Waals surface area contributed by atoms with Gasteiger partial charge in [0.15, 0.2) is 0 Å². The number of benzene rings is 1. The van der Waals surface area contributed by atoms with Crippen molar-refractivity contribution in [2.45, 2.75) is 23.0 Å². The molecule has 1 aromatic carbocycles. The Bertz CT molecular complexity index is 324. The Hall–Kier alpha value is -0.610. The van der Waals surface area contributed by atoms with Gasteiger partial charge in [-0.2, -0.15) is 8.78 Å². The van der Waals surface area contributed by atoms with Crippen molar-refractivity contribution < 1.29 is 8.78 Å². The van der Waals surface area contributed by atoms with Crippen molar-refractivity contribution in [1.82, 2.24) is 5.32 Å². The second-order valence-electron chi connectivity index (χ2n) is 3.64. The minimum Gasteiger partial charge on any atom is -0.316 e. The van der Waals surface area contributed by atoms with E-state index in [-0.39, 0.29) is 0 Å². The first-order chi connectivity index (χ1) is 7.25. The van der Waals surface area contributed by atoms with Gasteiger partial charge in [-0.05, 0) is 36.6 Å². The van der Waals surface area contributed by atoms with Crippen molar-refractivity contribution in [2.75, 3.05) is 13.1 Å². The predicted molar refractivity (Wildman–Crippen MR) is 58.5 cm³/mol. The molecule has 0 saturated carbocycles. The molecule has 1 N–H and O–H groups in total. The zero-order chi connectivity index (χ0) is 10.7. The Morgan fingerprint density at radius 1 is 1.40 bits per heavy atom. The summed E-state index contributed by atoms with van der Waals surface area (Å²) in [7, 11) is 0. The van der Waals surface area contributed by atoms with Gasteiger partial charge < -0.3 is 5.32 Å². The van der Waals surface area contributed by atoms with Crippen molar-refractivity contribution in [3.63, 3.8) is 0 Å². The number of hydrogen-bond acceptors (Lipinski definition) is 2. The Labute approximate surface area is 92.3 Å². The normalized spacial score (nSPS) is 21.1. The van der Waals surface area contributed by atoms with Crippen LogP contribution >= 0.6 is 11.8 Å². The van der Waals surface area contributed by atoms with Gasteiger partial charge in [-0.1, -0.05) is 23.9 Å². The summed E-state index contributed by atoms with van der Waals surface area (Å²) < 4.78 is 24.4. The third-order valence-electron chi connectivity index (χ3n) is 2.61. The van der Waals surface area contributed by atoms with Crippen LogP contribution in [0, 0.1) is 0 Å². The molecular formula is C11H13F2NS. The first-order valence-electron chi connectivity index (χ1n) is 5.01. The molecule has 1 aliphatic rings. The van der Waals surface area contributed by atoms with Crippen LogP contribution in [0.15, 0.2) is 29.2 Å². The SMILES string of the molecule is FC(F)Sc1cccc(C2CCNC2)c1. The summed E-state index contributed by atoms with van der Waals surface area (Å²) >= 11 is 0.618. The summed E-state index contributed by atoms with van der Waals surface area (Å²) in [5.74, 6) is -1.84. The zero-order valence-corrected chi connectivity index (χ0v) is 9.07. The van der Waals surface area contributed by atoms with Crippen LogP contribution in [0.2, 0.25) is 0 Å². The van der Waals surface area contributed by atoms with Crippen LogP contribution in [0.4, 0.5) is 8.78 Å². The molecule has 1 aromatic rings. The van der Waals surface area contributed by atoms with E-state index >= 15 is 0 Å². The number of thioether (sulfide) groups is 1. The lowest BCUT2D eigenvalue weighted by Crippen LogP contribution is -2.07. The molecule has 0 aromatic heterocycles. The molecule has 2 rings (SSSR count). The maximum absolute atomic E-state index is 12.2. The van der Waals surface area contributed by atoms with E-state index in [1.165, 1.54) is 5.56 Å². The molecule has 82 valence electrons. The highest BCUT2D eigenvalue weighted by molar-refractivity contribution is 7.99. The summed E-state index contributed by atoms with van der Waals surface area (Å²) in [5, 5.41) is 3.28. The average Bonchev–Trinajstić information content (AvgIpc) is 2.69. The third kappa shape index (κ3) is 2.92. The number of hydrogen-bond donors (Lipinski definition) is 1. The maximum Gasteiger partial charge on any atom is 0.288 e. The summed E-state index contributed by atoms with van der Waals surface area (Å²) in [6.07, 6.45) is 1.10. The molecule has 1 heterocycles. The smallest absolute Gasteiger partial charge is 0.288 e. The highest BCUT2D eigenvalue weighted by atomic mass is 32.2. The van der Waals surface area contributed by atoms with Gasteiger partial charge in [0.2, 0.25) is 0 Å². The quantitative estimate of drug-likeness (QED) is 0.799. The van der Waals surface area contributed by atoms with Gasteiger partial charge in [0, 0.05) is 11.4 Å². The molecule has 0 amide bonds. The lowest BCUT2D eigenvalue weighted by atomic mass is 9.99. The minimum absolute atomic E-state index is 0.489. The highest BCUT2D eigenvalue weighted by Gasteiger charge is 2.17. The Morgan fingerprint density at radius 3 is 2.93 bits per heavy atom. The average molecular weight is 229 g/mol. The van der Waals surface area contributed by atoms with Crippen molar-refractivity contribution in [3.05, 3.63) is 29.8 Å².